The Morgan fingerprint density at radius 2 is 1.85 bits per heavy atom. The lowest BCUT2D eigenvalue weighted by Crippen LogP contribution is -2.39. The van der Waals surface area contributed by atoms with Gasteiger partial charge in [0.15, 0.2) is 11.5 Å². The van der Waals surface area contributed by atoms with Crippen molar-refractivity contribution >= 4 is 23.8 Å². The van der Waals surface area contributed by atoms with Crippen molar-refractivity contribution in [2.45, 2.75) is 25.1 Å². The zero-order valence-corrected chi connectivity index (χ0v) is 21.4. The van der Waals surface area contributed by atoms with E-state index in [1.807, 2.05) is 6.07 Å². The molecule has 1 saturated heterocycles. The minimum Gasteiger partial charge on any atom is -0.495 e. The van der Waals surface area contributed by atoms with Crippen molar-refractivity contribution in [1.82, 2.24) is 20.2 Å². The van der Waals surface area contributed by atoms with E-state index in [-0.39, 0.29) is 23.9 Å². The zero-order valence-electron chi connectivity index (χ0n) is 21.4. The molecule has 3 aromatic rings. The zero-order chi connectivity index (χ0) is 28.0. The molecule has 9 nitrogen and oxygen atoms in total. The number of rotatable bonds is 10. The number of halogens is 3. The Kier molecular flexibility index (Phi) is 8.55. The average Bonchev–Trinajstić information content (AvgIpc) is 2.91. The minimum atomic E-state index is -4.80. The Balaban J connectivity index is 1.57. The maximum atomic E-state index is 13.7. The molecule has 2 heterocycles. The van der Waals surface area contributed by atoms with Crippen LogP contribution in [0.15, 0.2) is 55.2 Å². The summed E-state index contributed by atoms with van der Waals surface area (Å²) in [6.07, 6.45) is -2.17. The summed E-state index contributed by atoms with van der Waals surface area (Å²) in [7, 11) is 3.57. The molecule has 1 aromatic heterocycles. The number of carbonyl (C=O) groups excluding carboxylic acids is 1. The summed E-state index contributed by atoms with van der Waals surface area (Å²) < 4.78 is 56.8. The van der Waals surface area contributed by atoms with E-state index in [4.69, 9.17) is 14.2 Å². The van der Waals surface area contributed by atoms with Crippen LogP contribution in [0.3, 0.4) is 0 Å². The first-order valence-electron chi connectivity index (χ1n) is 12.1. The molecule has 0 aliphatic carbocycles. The molecule has 0 radical (unpaired) electrons. The second-order valence-electron chi connectivity index (χ2n) is 8.91. The van der Waals surface area contributed by atoms with E-state index in [0.29, 0.717) is 23.7 Å². The van der Waals surface area contributed by atoms with E-state index in [2.05, 4.69) is 39.1 Å². The number of ether oxygens (including phenoxy) is 3. The fourth-order valence-electron chi connectivity index (χ4n) is 4.07. The van der Waals surface area contributed by atoms with Gasteiger partial charge in [0, 0.05) is 23.5 Å². The highest BCUT2D eigenvalue weighted by molar-refractivity contribution is 5.71. The van der Waals surface area contributed by atoms with Crippen molar-refractivity contribution in [2.75, 3.05) is 32.6 Å². The molecule has 206 valence electrons. The Bertz CT molecular complexity index is 1330. The highest BCUT2D eigenvalue weighted by atomic mass is 19.4. The van der Waals surface area contributed by atoms with E-state index in [0.717, 1.165) is 37.2 Å². The van der Waals surface area contributed by atoms with Crippen LogP contribution in [0.5, 0.6) is 23.1 Å². The van der Waals surface area contributed by atoms with Gasteiger partial charge in [0.05, 0.1) is 12.8 Å². The third-order valence-corrected chi connectivity index (χ3v) is 6.18. The molecule has 12 heteroatoms. The Morgan fingerprint density at radius 1 is 1.13 bits per heavy atom. The van der Waals surface area contributed by atoms with Crippen LogP contribution < -0.4 is 24.8 Å². The number of anilines is 2. The van der Waals surface area contributed by atoms with Gasteiger partial charge in [-0.15, -0.1) is 0 Å². The van der Waals surface area contributed by atoms with Gasteiger partial charge in [-0.1, -0.05) is 24.8 Å². The number of hydrogen-bond acceptors (Lipinski definition) is 9. The van der Waals surface area contributed by atoms with Gasteiger partial charge in [-0.25, -0.2) is 4.98 Å². The van der Waals surface area contributed by atoms with E-state index in [1.54, 1.807) is 12.1 Å². The van der Waals surface area contributed by atoms with Crippen LogP contribution in [0, 0.1) is 0 Å². The molecule has 0 bridgehead atoms. The second-order valence-corrected chi connectivity index (χ2v) is 8.91. The summed E-state index contributed by atoms with van der Waals surface area (Å²) in [6.45, 7) is 6.31. The lowest BCUT2D eigenvalue weighted by molar-refractivity contribution is -0.139. The number of aromatic nitrogens is 2. The smallest absolute Gasteiger partial charge is 0.423 e. The number of hydrogen-bond donors (Lipinski definition) is 2. The topological polar surface area (TPSA) is 97.8 Å². The third kappa shape index (κ3) is 6.96. The van der Waals surface area contributed by atoms with E-state index >= 15 is 0 Å². The molecule has 1 aliphatic heterocycles. The van der Waals surface area contributed by atoms with E-state index in [9.17, 15) is 18.0 Å². The molecule has 0 amide bonds. The number of alkyl halides is 3. The summed E-state index contributed by atoms with van der Waals surface area (Å²) in [5.74, 6) is -0.721. The van der Waals surface area contributed by atoms with Crippen LogP contribution in [0.2, 0.25) is 0 Å². The molecule has 0 unspecified atom stereocenters. The third-order valence-electron chi connectivity index (χ3n) is 6.18. The Hall–Kier alpha value is -4.32. The molecular weight excluding hydrogens is 515 g/mol. The standard InChI is InChI=1S/C27H28F3N5O4/c1-17(32-19-10-12-35(2)13-11-19)18-8-9-21(24(14-18)37-3)33-26-31-15-20(27(28,29)30)25(34-26)39-23-7-5-4-6-22(23)38-16-36/h4-9,14-16,19,32H,1,10-13H2,2-3H3,(H,31,33,34). The number of benzene rings is 2. The summed E-state index contributed by atoms with van der Waals surface area (Å²) in [5, 5.41) is 6.35. The first kappa shape index (κ1) is 27.7. The van der Waals surface area contributed by atoms with E-state index < -0.39 is 17.6 Å². The monoisotopic (exact) mass is 543 g/mol. The van der Waals surface area contributed by atoms with Gasteiger partial charge in [0.2, 0.25) is 11.8 Å². The molecule has 0 atom stereocenters. The Morgan fingerprint density at radius 3 is 2.51 bits per heavy atom. The van der Waals surface area contributed by atoms with Crippen molar-refractivity contribution in [2.24, 2.45) is 0 Å². The van der Waals surface area contributed by atoms with Crippen molar-refractivity contribution in [1.29, 1.82) is 0 Å². The predicted molar refractivity (Wildman–Crippen MR) is 139 cm³/mol. The van der Waals surface area contributed by atoms with Crippen molar-refractivity contribution in [3.63, 3.8) is 0 Å². The van der Waals surface area contributed by atoms with E-state index in [1.165, 1.54) is 31.4 Å². The second kappa shape index (κ2) is 12.0. The molecule has 2 aromatic carbocycles. The van der Waals surface area contributed by atoms with Crippen molar-refractivity contribution < 1.29 is 32.2 Å². The van der Waals surface area contributed by atoms with Gasteiger partial charge in [-0.3, -0.25) is 4.79 Å². The molecule has 39 heavy (non-hydrogen) atoms. The van der Waals surface area contributed by atoms with Crippen LogP contribution in [-0.2, 0) is 11.0 Å². The maximum Gasteiger partial charge on any atom is 0.423 e. The van der Waals surface area contributed by atoms with Crippen LogP contribution in [0.25, 0.3) is 5.70 Å². The fraction of sp³-hybridized carbons (Fsp3) is 0.296. The number of para-hydroxylation sites is 2. The molecule has 0 spiro atoms. The van der Waals surface area contributed by atoms with Crippen LogP contribution in [-0.4, -0.2) is 54.6 Å². The highest BCUT2D eigenvalue weighted by Gasteiger charge is 2.37. The quantitative estimate of drug-likeness (QED) is 0.333. The number of nitrogens with one attached hydrogen (secondary N) is 2. The van der Waals surface area contributed by atoms with Gasteiger partial charge in [-0.05, 0) is 57.2 Å². The van der Waals surface area contributed by atoms with Crippen LogP contribution >= 0.6 is 0 Å². The van der Waals surface area contributed by atoms with Crippen molar-refractivity contribution in [3.05, 3.63) is 66.4 Å². The molecule has 0 saturated carbocycles. The molecule has 4 rings (SSSR count). The van der Waals surface area contributed by atoms with Gasteiger partial charge in [0.25, 0.3) is 6.47 Å². The predicted octanol–water partition coefficient (Wildman–Crippen LogP) is 5.23. The number of piperidine rings is 1. The lowest BCUT2D eigenvalue weighted by atomic mass is 10.0. The SMILES string of the molecule is C=C(NC1CCN(C)CC1)c1ccc(Nc2ncc(C(F)(F)F)c(Oc3ccccc3OC=O)n2)c(OC)c1. The summed E-state index contributed by atoms with van der Waals surface area (Å²) in [5.41, 5.74) is 0.767. The number of methoxy groups -OCH3 is 1. The summed E-state index contributed by atoms with van der Waals surface area (Å²) >= 11 is 0. The minimum absolute atomic E-state index is 0.0694. The Labute approximate surface area is 223 Å². The van der Waals surface area contributed by atoms with Crippen molar-refractivity contribution in [3.8, 4) is 23.1 Å². The van der Waals surface area contributed by atoms with Crippen LogP contribution in [0.4, 0.5) is 24.8 Å². The number of likely N-dealkylation sites (tertiary alicyclic amines) is 1. The maximum absolute atomic E-state index is 13.7. The summed E-state index contributed by atoms with van der Waals surface area (Å²) in [4.78, 5) is 20.8. The van der Waals surface area contributed by atoms with Gasteiger partial charge in [0.1, 0.15) is 11.3 Å². The highest BCUT2D eigenvalue weighted by Crippen LogP contribution is 2.40. The molecular formula is C27H28F3N5O4. The average molecular weight is 544 g/mol. The van der Waals surface area contributed by atoms with Gasteiger partial charge >= 0.3 is 6.18 Å². The first-order chi connectivity index (χ1) is 18.7. The fourth-order valence-corrected chi connectivity index (χ4v) is 4.07. The van der Waals surface area contributed by atoms with Crippen LogP contribution in [0.1, 0.15) is 24.0 Å². The normalized spacial score (nSPS) is 14.4. The number of nitrogens with zero attached hydrogens (tertiary/aromatic N) is 3. The summed E-state index contributed by atoms with van der Waals surface area (Å²) in [6, 6.07) is 11.4. The largest absolute Gasteiger partial charge is 0.495 e. The molecule has 1 aliphatic rings. The van der Waals surface area contributed by atoms with Gasteiger partial charge in [-0.2, -0.15) is 18.2 Å². The number of carbonyl (C=O) groups is 1. The molecule has 1 fully saturated rings. The van der Waals surface area contributed by atoms with Gasteiger partial charge < -0.3 is 29.7 Å². The first-order valence-corrected chi connectivity index (χ1v) is 12.1. The molecule has 2 N–H and O–H groups in total. The lowest BCUT2D eigenvalue weighted by Gasteiger charge is -2.30.